The van der Waals surface area contributed by atoms with Crippen LogP contribution in [0, 0.1) is 0 Å². The van der Waals surface area contributed by atoms with Crippen molar-refractivity contribution in [3.63, 3.8) is 0 Å². The Bertz CT molecular complexity index is 838. The molecular formula is C20H24N4O4. The molecule has 0 spiro atoms. The zero-order chi connectivity index (χ0) is 20.4. The molecule has 2 aromatic rings. The van der Waals surface area contributed by atoms with Crippen molar-refractivity contribution < 1.29 is 19.1 Å². The number of primary amides is 1. The minimum atomic E-state index is -0.618. The summed E-state index contributed by atoms with van der Waals surface area (Å²) < 4.78 is 4.94. The molecule has 0 bridgehead atoms. The summed E-state index contributed by atoms with van der Waals surface area (Å²) in [5.74, 6) is -1.16. The van der Waals surface area contributed by atoms with Gasteiger partial charge >= 0.3 is 0 Å². The number of nitrogens with two attached hydrogens (primary N) is 1. The predicted molar refractivity (Wildman–Crippen MR) is 107 cm³/mol. The lowest BCUT2D eigenvalue weighted by Crippen LogP contribution is -2.26. The monoisotopic (exact) mass is 384 g/mol. The van der Waals surface area contributed by atoms with Gasteiger partial charge in [-0.15, -0.1) is 0 Å². The van der Waals surface area contributed by atoms with Gasteiger partial charge in [0.05, 0.1) is 17.8 Å². The zero-order valence-electron chi connectivity index (χ0n) is 15.7. The van der Waals surface area contributed by atoms with Crippen LogP contribution in [0.2, 0.25) is 0 Å². The summed E-state index contributed by atoms with van der Waals surface area (Å²) in [5, 5.41) is 8.41. The summed E-state index contributed by atoms with van der Waals surface area (Å²) in [6, 6.07) is 13.4. The van der Waals surface area contributed by atoms with E-state index in [1.807, 2.05) is 0 Å². The molecule has 0 aromatic heterocycles. The first kappa shape index (κ1) is 20.9. The van der Waals surface area contributed by atoms with Gasteiger partial charge in [-0.25, -0.2) is 0 Å². The van der Waals surface area contributed by atoms with Crippen molar-refractivity contribution in [1.29, 1.82) is 0 Å². The van der Waals surface area contributed by atoms with Crippen molar-refractivity contribution in [3.05, 3.63) is 59.7 Å². The van der Waals surface area contributed by atoms with Crippen molar-refractivity contribution in [3.8, 4) is 0 Å². The highest BCUT2D eigenvalue weighted by Gasteiger charge is 2.11. The van der Waals surface area contributed by atoms with E-state index in [4.69, 9.17) is 10.5 Å². The lowest BCUT2D eigenvalue weighted by Gasteiger charge is -2.11. The van der Waals surface area contributed by atoms with E-state index in [9.17, 15) is 14.4 Å². The van der Waals surface area contributed by atoms with E-state index in [0.29, 0.717) is 30.1 Å². The molecule has 0 fully saturated rings. The third-order valence-electron chi connectivity index (χ3n) is 3.86. The molecule has 2 rings (SSSR count). The third-order valence-corrected chi connectivity index (χ3v) is 3.86. The molecule has 0 atom stereocenters. The molecule has 28 heavy (non-hydrogen) atoms. The van der Waals surface area contributed by atoms with Crippen molar-refractivity contribution in [2.24, 2.45) is 5.73 Å². The number of rotatable bonds is 10. The van der Waals surface area contributed by atoms with Gasteiger partial charge in [-0.05, 0) is 36.8 Å². The van der Waals surface area contributed by atoms with Crippen LogP contribution in [0.15, 0.2) is 48.5 Å². The second-order valence-electron chi connectivity index (χ2n) is 5.99. The molecule has 0 aliphatic carbocycles. The Hall–Kier alpha value is -3.39. The van der Waals surface area contributed by atoms with Crippen LogP contribution in [0.5, 0.6) is 0 Å². The number of benzene rings is 2. The Morgan fingerprint density at radius 3 is 2.61 bits per heavy atom. The summed E-state index contributed by atoms with van der Waals surface area (Å²) in [7, 11) is 1.61. The van der Waals surface area contributed by atoms with E-state index >= 15 is 0 Å². The number of carbonyl (C=O) groups excluding carboxylic acids is 3. The third kappa shape index (κ3) is 6.40. The average molecular weight is 384 g/mol. The van der Waals surface area contributed by atoms with Gasteiger partial charge in [0, 0.05) is 31.5 Å². The lowest BCUT2D eigenvalue weighted by atomic mass is 10.1. The van der Waals surface area contributed by atoms with Crippen molar-refractivity contribution in [2.45, 2.75) is 6.42 Å². The first-order valence-corrected chi connectivity index (χ1v) is 8.81. The molecule has 0 aliphatic rings. The summed E-state index contributed by atoms with van der Waals surface area (Å²) in [6.45, 7) is 1.06. The number of ether oxygens (including phenoxy) is 1. The molecule has 0 heterocycles. The summed E-state index contributed by atoms with van der Waals surface area (Å²) in [4.78, 5) is 35.7. The van der Waals surface area contributed by atoms with Crippen molar-refractivity contribution >= 4 is 29.1 Å². The highest BCUT2D eigenvalue weighted by molar-refractivity contribution is 6.03. The molecule has 8 nitrogen and oxygen atoms in total. The standard InChI is InChI=1S/C20H24N4O4/c1-28-11-5-10-22-20(27)14-6-4-7-15(12-14)23-13-18(25)24-17-9-3-2-8-16(17)19(21)26/h2-4,6-9,12,23H,5,10-11,13H2,1H3,(H2,21,26)(H,22,27)(H,24,25). The van der Waals surface area contributed by atoms with Gasteiger partial charge in [0.1, 0.15) is 0 Å². The first-order chi connectivity index (χ1) is 13.5. The van der Waals surface area contributed by atoms with Crippen LogP contribution in [0.25, 0.3) is 0 Å². The maximum absolute atomic E-state index is 12.2. The largest absolute Gasteiger partial charge is 0.385 e. The fourth-order valence-electron chi connectivity index (χ4n) is 2.47. The number of carbonyl (C=O) groups is 3. The van der Waals surface area contributed by atoms with Gasteiger partial charge in [-0.2, -0.15) is 0 Å². The molecule has 0 aliphatic heterocycles. The molecule has 5 N–H and O–H groups in total. The molecule has 0 saturated heterocycles. The lowest BCUT2D eigenvalue weighted by molar-refractivity contribution is -0.114. The Labute approximate surface area is 163 Å². The first-order valence-electron chi connectivity index (χ1n) is 8.81. The Kier molecular flexibility index (Phi) is 7.98. The maximum atomic E-state index is 12.2. The van der Waals surface area contributed by atoms with E-state index in [1.165, 1.54) is 0 Å². The normalized spacial score (nSPS) is 10.2. The molecule has 2 aromatic carbocycles. The molecular weight excluding hydrogens is 360 g/mol. The molecule has 3 amide bonds. The Morgan fingerprint density at radius 1 is 1.07 bits per heavy atom. The van der Waals surface area contributed by atoms with Crippen LogP contribution in [0.3, 0.4) is 0 Å². The highest BCUT2D eigenvalue weighted by Crippen LogP contribution is 2.14. The van der Waals surface area contributed by atoms with Gasteiger partial charge < -0.3 is 26.4 Å². The molecule has 0 saturated carbocycles. The van der Waals surface area contributed by atoms with Gasteiger partial charge in [-0.1, -0.05) is 18.2 Å². The summed E-state index contributed by atoms with van der Waals surface area (Å²) in [5.41, 5.74) is 7.01. The zero-order valence-corrected chi connectivity index (χ0v) is 15.7. The van der Waals surface area contributed by atoms with Crippen LogP contribution in [0.4, 0.5) is 11.4 Å². The minimum absolute atomic E-state index is 0.0357. The highest BCUT2D eigenvalue weighted by atomic mass is 16.5. The minimum Gasteiger partial charge on any atom is -0.385 e. The van der Waals surface area contributed by atoms with Crippen LogP contribution in [-0.4, -0.2) is 44.5 Å². The van der Waals surface area contributed by atoms with E-state index < -0.39 is 5.91 Å². The average Bonchev–Trinajstić information content (AvgIpc) is 2.70. The Morgan fingerprint density at radius 2 is 1.86 bits per heavy atom. The molecule has 148 valence electrons. The Balaban J connectivity index is 1.90. The number of nitrogens with one attached hydrogen (secondary N) is 3. The number of methoxy groups -OCH3 is 1. The van der Waals surface area contributed by atoms with Crippen molar-refractivity contribution in [1.82, 2.24) is 5.32 Å². The van der Waals surface area contributed by atoms with E-state index in [1.54, 1.807) is 55.6 Å². The fraction of sp³-hybridized carbons (Fsp3) is 0.250. The maximum Gasteiger partial charge on any atom is 0.251 e. The van der Waals surface area contributed by atoms with E-state index in [0.717, 1.165) is 6.42 Å². The summed E-state index contributed by atoms with van der Waals surface area (Å²) >= 11 is 0. The van der Waals surface area contributed by atoms with Gasteiger partial charge in [0.15, 0.2) is 0 Å². The van der Waals surface area contributed by atoms with E-state index in [-0.39, 0.29) is 23.9 Å². The SMILES string of the molecule is COCCCNC(=O)c1cccc(NCC(=O)Nc2ccccc2C(N)=O)c1. The van der Waals surface area contributed by atoms with Gasteiger partial charge in [-0.3, -0.25) is 14.4 Å². The van der Waals surface area contributed by atoms with Crippen LogP contribution in [-0.2, 0) is 9.53 Å². The van der Waals surface area contributed by atoms with Crippen molar-refractivity contribution in [2.75, 3.05) is 37.4 Å². The smallest absolute Gasteiger partial charge is 0.251 e. The van der Waals surface area contributed by atoms with Crippen LogP contribution >= 0.6 is 0 Å². The van der Waals surface area contributed by atoms with Crippen LogP contribution in [0.1, 0.15) is 27.1 Å². The predicted octanol–water partition coefficient (Wildman–Crippen LogP) is 1.60. The second-order valence-corrected chi connectivity index (χ2v) is 5.99. The van der Waals surface area contributed by atoms with Gasteiger partial charge in [0.25, 0.3) is 11.8 Å². The molecule has 8 heteroatoms. The fourth-order valence-corrected chi connectivity index (χ4v) is 2.47. The number of para-hydroxylation sites is 1. The number of amides is 3. The number of hydrogen-bond acceptors (Lipinski definition) is 5. The number of anilines is 2. The van der Waals surface area contributed by atoms with Crippen LogP contribution < -0.4 is 21.7 Å². The summed E-state index contributed by atoms with van der Waals surface area (Å²) in [6.07, 6.45) is 0.729. The quantitative estimate of drug-likeness (QED) is 0.464. The van der Waals surface area contributed by atoms with Gasteiger partial charge in [0.2, 0.25) is 5.91 Å². The molecule has 0 radical (unpaired) electrons. The van der Waals surface area contributed by atoms with E-state index in [2.05, 4.69) is 16.0 Å². The second kappa shape index (κ2) is 10.7. The number of hydrogen-bond donors (Lipinski definition) is 4. The molecule has 0 unspecified atom stereocenters. The topological polar surface area (TPSA) is 123 Å².